The number of rotatable bonds is 2. The van der Waals surface area contributed by atoms with Crippen LogP contribution < -0.4 is 5.32 Å². The Hall–Kier alpha value is -2.02. The standard InChI is InChI=1S/C16H20N4O2S/c1-10-11(2)23-8-7-20(10)16(21)18-14-6-4-5-13(9-14)15-17-12(3)22-19-15/h4-6,9-11H,7-8H2,1-3H3,(H,18,21). The second-order valence-corrected chi connectivity index (χ2v) is 7.14. The molecule has 0 saturated carbocycles. The van der Waals surface area contributed by atoms with Crippen LogP contribution in [0.5, 0.6) is 0 Å². The lowest BCUT2D eigenvalue weighted by Crippen LogP contribution is -2.49. The molecule has 7 heteroatoms. The highest BCUT2D eigenvalue weighted by Gasteiger charge is 2.28. The molecule has 2 atom stereocenters. The summed E-state index contributed by atoms with van der Waals surface area (Å²) in [5.41, 5.74) is 1.54. The van der Waals surface area contributed by atoms with Crippen LogP contribution in [-0.2, 0) is 0 Å². The Morgan fingerprint density at radius 3 is 3.00 bits per heavy atom. The van der Waals surface area contributed by atoms with E-state index in [0.717, 1.165) is 23.5 Å². The van der Waals surface area contributed by atoms with E-state index in [1.165, 1.54) is 0 Å². The smallest absolute Gasteiger partial charge is 0.322 e. The summed E-state index contributed by atoms with van der Waals surface area (Å²) in [6.45, 7) is 6.77. The van der Waals surface area contributed by atoms with Crippen molar-refractivity contribution in [3.8, 4) is 11.4 Å². The Kier molecular flexibility index (Phi) is 4.56. The molecule has 6 nitrogen and oxygen atoms in total. The number of nitrogens with zero attached hydrogens (tertiary/aromatic N) is 3. The molecule has 2 amide bonds. The number of amides is 2. The highest BCUT2D eigenvalue weighted by Crippen LogP contribution is 2.25. The van der Waals surface area contributed by atoms with Crippen LogP contribution >= 0.6 is 11.8 Å². The van der Waals surface area contributed by atoms with Crippen LogP contribution in [0.15, 0.2) is 28.8 Å². The van der Waals surface area contributed by atoms with E-state index in [1.807, 2.05) is 40.9 Å². The summed E-state index contributed by atoms with van der Waals surface area (Å²) in [4.78, 5) is 18.6. The van der Waals surface area contributed by atoms with Gasteiger partial charge in [0.15, 0.2) is 0 Å². The zero-order chi connectivity index (χ0) is 16.4. The Morgan fingerprint density at radius 2 is 2.26 bits per heavy atom. The highest BCUT2D eigenvalue weighted by atomic mass is 32.2. The molecule has 1 aliphatic heterocycles. The van der Waals surface area contributed by atoms with Crippen LogP contribution in [0.25, 0.3) is 11.4 Å². The number of aryl methyl sites for hydroxylation is 1. The summed E-state index contributed by atoms with van der Waals surface area (Å²) >= 11 is 1.91. The van der Waals surface area contributed by atoms with Gasteiger partial charge in [0.2, 0.25) is 11.7 Å². The predicted molar refractivity (Wildman–Crippen MR) is 91.6 cm³/mol. The molecule has 3 rings (SSSR count). The molecular weight excluding hydrogens is 312 g/mol. The van der Waals surface area contributed by atoms with Crippen molar-refractivity contribution < 1.29 is 9.32 Å². The van der Waals surface area contributed by atoms with E-state index >= 15 is 0 Å². The van der Waals surface area contributed by atoms with E-state index in [2.05, 4.69) is 29.3 Å². The van der Waals surface area contributed by atoms with E-state index in [4.69, 9.17) is 4.52 Å². The van der Waals surface area contributed by atoms with Gasteiger partial charge in [0.05, 0.1) is 0 Å². The van der Waals surface area contributed by atoms with Crippen molar-refractivity contribution in [2.75, 3.05) is 17.6 Å². The zero-order valence-corrected chi connectivity index (χ0v) is 14.3. The monoisotopic (exact) mass is 332 g/mol. The van der Waals surface area contributed by atoms with E-state index in [-0.39, 0.29) is 12.1 Å². The minimum Gasteiger partial charge on any atom is -0.339 e. The summed E-state index contributed by atoms with van der Waals surface area (Å²) < 4.78 is 5.00. The fourth-order valence-electron chi connectivity index (χ4n) is 2.57. The van der Waals surface area contributed by atoms with Crippen molar-refractivity contribution in [2.24, 2.45) is 0 Å². The maximum absolute atomic E-state index is 12.5. The number of anilines is 1. The van der Waals surface area contributed by atoms with Crippen LogP contribution in [0, 0.1) is 6.92 Å². The first-order chi connectivity index (χ1) is 11.0. The molecular formula is C16H20N4O2S. The van der Waals surface area contributed by atoms with Crippen molar-refractivity contribution >= 4 is 23.5 Å². The number of aromatic nitrogens is 2. The van der Waals surface area contributed by atoms with Crippen molar-refractivity contribution in [3.63, 3.8) is 0 Å². The Bertz CT molecular complexity index is 703. The number of urea groups is 1. The summed E-state index contributed by atoms with van der Waals surface area (Å²) in [7, 11) is 0. The molecule has 2 unspecified atom stereocenters. The second-order valence-electron chi connectivity index (χ2n) is 5.66. The summed E-state index contributed by atoms with van der Waals surface area (Å²) in [6, 6.07) is 7.63. The number of carbonyl (C=O) groups is 1. The topological polar surface area (TPSA) is 71.3 Å². The minimum absolute atomic E-state index is 0.0638. The first kappa shape index (κ1) is 15.9. The van der Waals surface area contributed by atoms with Gasteiger partial charge >= 0.3 is 6.03 Å². The van der Waals surface area contributed by atoms with Gasteiger partial charge in [-0.3, -0.25) is 0 Å². The van der Waals surface area contributed by atoms with Gasteiger partial charge in [-0.25, -0.2) is 4.79 Å². The highest BCUT2D eigenvalue weighted by molar-refractivity contribution is 8.00. The summed E-state index contributed by atoms with van der Waals surface area (Å²) in [5, 5.41) is 7.32. The van der Waals surface area contributed by atoms with Crippen molar-refractivity contribution in [1.29, 1.82) is 0 Å². The van der Waals surface area contributed by atoms with Crippen LogP contribution in [-0.4, -0.2) is 44.7 Å². The van der Waals surface area contributed by atoms with Gasteiger partial charge in [0.25, 0.3) is 0 Å². The number of carbonyl (C=O) groups excluding carboxylic acids is 1. The molecule has 1 aliphatic rings. The molecule has 0 spiro atoms. The Morgan fingerprint density at radius 1 is 1.43 bits per heavy atom. The van der Waals surface area contributed by atoms with Gasteiger partial charge in [-0.15, -0.1) is 0 Å². The van der Waals surface area contributed by atoms with Crippen LogP contribution in [0.3, 0.4) is 0 Å². The molecule has 0 aliphatic carbocycles. The second kappa shape index (κ2) is 6.62. The number of hydrogen-bond donors (Lipinski definition) is 1. The van der Waals surface area contributed by atoms with Gasteiger partial charge in [-0.05, 0) is 19.1 Å². The minimum atomic E-state index is -0.0638. The Labute approximate surface area is 139 Å². The lowest BCUT2D eigenvalue weighted by atomic mass is 10.2. The number of benzene rings is 1. The maximum Gasteiger partial charge on any atom is 0.322 e. The van der Waals surface area contributed by atoms with Crippen molar-refractivity contribution in [2.45, 2.75) is 32.1 Å². The molecule has 0 radical (unpaired) electrons. The van der Waals surface area contributed by atoms with Gasteiger partial charge in [0.1, 0.15) is 0 Å². The molecule has 1 aromatic heterocycles. The lowest BCUT2D eigenvalue weighted by Gasteiger charge is -2.37. The lowest BCUT2D eigenvalue weighted by molar-refractivity contribution is 0.194. The predicted octanol–water partition coefficient (Wildman–Crippen LogP) is 3.40. The fraction of sp³-hybridized carbons (Fsp3) is 0.438. The molecule has 2 heterocycles. The molecule has 1 aromatic carbocycles. The van der Waals surface area contributed by atoms with Gasteiger partial charge in [-0.1, -0.05) is 24.2 Å². The number of hydrogen-bond acceptors (Lipinski definition) is 5. The first-order valence-electron chi connectivity index (χ1n) is 7.64. The van der Waals surface area contributed by atoms with Crippen molar-refractivity contribution in [1.82, 2.24) is 15.0 Å². The summed E-state index contributed by atoms with van der Waals surface area (Å²) in [5.74, 6) is 2.01. The average molecular weight is 332 g/mol. The average Bonchev–Trinajstić information content (AvgIpc) is 2.97. The third-order valence-corrected chi connectivity index (χ3v) is 5.38. The molecule has 1 fully saturated rings. The van der Waals surface area contributed by atoms with Crippen LogP contribution in [0.2, 0.25) is 0 Å². The fourth-order valence-corrected chi connectivity index (χ4v) is 3.67. The normalized spacial score (nSPS) is 21.3. The number of thioether (sulfide) groups is 1. The SMILES string of the molecule is Cc1nc(-c2cccc(NC(=O)N3CCSC(C)C3C)c2)no1. The van der Waals surface area contributed by atoms with E-state index in [0.29, 0.717) is 17.0 Å². The number of nitrogens with one attached hydrogen (secondary N) is 1. The third kappa shape index (κ3) is 3.50. The third-order valence-electron chi connectivity index (χ3n) is 4.04. The molecule has 1 N–H and O–H groups in total. The molecule has 1 saturated heterocycles. The van der Waals surface area contributed by atoms with E-state index < -0.39 is 0 Å². The summed E-state index contributed by atoms with van der Waals surface area (Å²) in [6.07, 6.45) is 0. The van der Waals surface area contributed by atoms with Crippen molar-refractivity contribution in [3.05, 3.63) is 30.2 Å². The quantitative estimate of drug-likeness (QED) is 0.912. The molecule has 122 valence electrons. The van der Waals surface area contributed by atoms with E-state index in [9.17, 15) is 4.79 Å². The van der Waals surface area contributed by atoms with E-state index in [1.54, 1.807) is 6.92 Å². The van der Waals surface area contributed by atoms with Crippen LogP contribution in [0.1, 0.15) is 19.7 Å². The zero-order valence-electron chi connectivity index (χ0n) is 13.4. The van der Waals surface area contributed by atoms with Crippen LogP contribution in [0.4, 0.5) is 10.5 Å². The molecule has 23 heavy (non-hydrogen) atoms. The molecule has 0 bridgehead atoms. The Balaban J connectivity index is 1.74. The first-order valence-corrected chi connectivity index (χ1v) is 8.69. The van der Waals surface area contributed by atoms with Gasteiger partial charge < -0.3 is 14.7 Å². The maximum atomic E-state index is 12.5. The van der Waals surface area contributed by atoms with Gasteiger partial charge in [0, 0.05) is 41.8 Å². The van der Waals surface area contributed by atoms with Gasteiger partial charge in [-0.2, -0.15) is 16.7 Å². The molecule has 2 aromatic rings. The largest absolute Gasteiger partial charge is 0.339 e.